The van der Waals surface area contributed by atoms with E-state index in [1.807, 2.05) is 0 Å². The van der Waals surface area contributed by atoms with E-state index in [1.54, 1.807) is 18.2 Å². The number of nitrogens with two attached hydrogens (primary N) is 1. The second kappa shape index (κ2) is 5.36. The number of benzene rings is 2. The monoisotopic (exact) mass is 322 g/mol. The lowest BCUT2D eigenvalue weighted by Gasteiger charge is -2.28. The number of hydroxylamine groups is 1. The van der Waals surface area contributed by atoms with Gasteiger partial charge in [0.2, 0.25) is 0 Å². The van der Waals surface area contributed by atoms with Crippen molar-refractivity contribution in [3.63, 3.8) is 0 Å². The quantitative estimate of drug-likeness (QED) is 0.793. The molecule has 2 aromatic rings. The van der Waals surface area contributed by atoms with Crippen molar-refractivity contribution in [1.29, 1.82) is 0 Å². The molecule has 1 atom stereocenters. The highest BCUT2D eigenvalue weighted by molar-refractivity contribution is 5.98. The van der Waals surface area contributed by atoms with Crippen LogP contribution >= 0.6 is 0 Å². The van der Waals surface area contributed by atoms with Gasteiger partial charge in [0.1, 0.15) is 0 Å². The molecule has 0 saturated carbocycles. The van der Waals surface area contributed by atoms with E-state index in [2.05, 4.69) is 0 Å². The van der Waals surface area contributed by atoms with Crippen molar-refractivity contribution in [2.75, 3.05) is 5.06 Å². The smallest absolute Gasteiger partial charge is 0.320 e. The zero-order chi connectivity index (χ0) is 16.8. The molecule has 1 amide bonds. The minimum atomic E-state index is -4.42. The highest BCUT2D eigenvalue weighted by Gasteiger charge is 2.31. The van der Waals surface area contributed by atoms with Gasteiger partial charge in [-0.05, 0) is 47.4 Å². The van der Waals surface area contributed by atoms with E-state index >= 15 is 0 Å². The Morgan fingerprint density at radius 1 is 1.13 bits per heavy atom. The lowest BCUT2D eigenvalue weighted by Crippen LogP contribution is -2.47. The number of hydrogen-bond acceptors (Lipinski definition) is 3. The Bertz CT molecular complexity index is 774. The van der Waals surface area contributed by atoms with Crippen molar-refractivity contribution < 1.29 is 23.2 Å². The fraction of sp³-hybridized carbons (Fsp3) is 0.188. The fourth-order valence-corrected chi connectivity index (χ4v) is 2.61. The number of halogens is 3. The minimum absolute atomic E-state index is 0.220. The standard InChI is InChI=1S/C16H13F3N2O2/c17-16(18,19)12-3-1-2-9(7-12)10-4-5-14-11(6-10)8-13(20)15(22)21(14)23/h1-7,13,23H,8,20H2/t13-/m0/s1. The van der Waals surface area contributed by atoms with Gasteiger partial charge >= 0.3 is 6.18 Å². The third-order valence-corrected chi connectivity index (χ3v) is 3.80. The van der Waals surface area contributed by atoms with Crippen LogP contribution in [0.4, 0.5) is 18.9 Å². The van der Waals surface area contributed by atoms with Gasteiger partial charge in [-0.2, -0.15) is 18.2 Å². The Morgan fingerprint density at radius 3 is 2.52 bits per heavy atom. The van der Waals surface area contributed by atoms with Gasteiger partial charge < -0.3 is 5.73 Å². The van der Waals surface area contributed by atoms with E-state index in [4.69, 9.17) is 5.73 Å². The summed E-state index contributed by atoms with van der Waals surface area (Å²) in [7, 11) is 0. The number of carbonyl (C=O) groups is 1. The van der Waals surface area contributed by atoms with Crippen molar-refractivity contribution in [2.45, 2.75) is 18.6 Å². The van der Waals surface area contributed by atoms with Crippen LogP contribution in [0.1, 0.15) is 11.1 Å². The van der Waals surface area contributed by atoms with Crippen molar-refractivity contribution in [3.8, 4) is 11.1 Å². The first-order valence-electron chi connectivity index (χ1n) is 6.86. The normalized spacial score (nSPS) is 18.0. The van der Waals surface area contributed by atoms with E-state index in [0.29, 0.717) is 27.4 Å². The van der Waals surface area contributed by atoms with Crippen molar-refractivity contribution in [2.24, 2.45) is 5.73 Å². The van der Waals surface area contributed by atoms with Crippen molar-refractivity contribution in [3.05, 3.63) is 53.6 Å². The highest BCUT2D eigenvalue weighted by atomic mass is 19.4. The van der Waals surface area contributed by atoms with E-state index in [9.17, 15) is 23.2 Å². The van der Waals surface area contributed by atoms with Gasteiger partial charge in [0.25, 0.3) is 5.91 Å². The molecule has 1 aliphatic rings. The zero-order valence-corrected chi connectivity index (χ0v) is 11.8. The molecule has 1 heterocycles. The number of anilines is 1. The van der Waals surface area contributed by atoms with E-state index < -0.39 is 23.7 Å². The molecule has 2 aromatic carbocycles. The first-order valence-corrected chi connectivity index (χ1v) is 6.86. The van der Waals surface area contributed by atoms with E-state index in [1.165, 1.54) is 12.1 Å². The van der Waals surface area contributed by atoms with Crippen LogP contribution in [0.2, 0.25) is 0 Å². The van der Waals surface area contributed by atoms with Crippen LogP contribution in [0.25, 0.3) is 11.1 Å². The van der Waals surface area contributed by atoms with Crippen LogP contribution in [0.3, 0.4) is 0 Å². The van der Waals surface area contributed by atoms with Crippen molar-refractivity contribution >= 4 is 11.6 Å². The summed E-state index contributed by atoms with van der Waals surface area (Å²) in [6, 6.07) is 8.80. The van der Waals surface area contributed by atoms with Gasteiger partial charge in [0.15, 0.2) is 0 Å². The molecule has 120 valence electrons. The Balaban J connectivity index is 2.03. The fourth-order valence-electron chi connectivity index (χ4n) is 2.61. The average Bonchev–Trinajstić information content (AvgIpc) is 2.51. The zero-order valence-electron chi connectivity index (χ0n) is 11.8. The molecular formula is C16H13F3N2O2. The van der Waals surface area contributed by atoms with Crippen LogP contribution in [0.5, 0.6) is 0 Å². The molecule has 0 bridgehead atoms. The number of hydrogen-bond donors (Lipinski definition) is 2. The molecular weight excluding hydrogens is 309 g/mol. The number of alkyl halides is 3. The van der Waals surface area contributed by atoms with Gasteiger partial charge in [0, 0.05) is 0 Å². The summed E-state index contributed by atoms with van der Waals surface area (Å²) >= 11 is 0. The van der Waals surface area contributed by atoms with Crippen LogP contribution in [-0.2, 0) is 17.4 Å². The Kier molecular flexibility index (Phi) is 3.62. The van der Waals surface area contributed by atoms with Crippen LogP contribution in [-0.4, -0.2) is 17.2 Å². The number of fused-ring (bicyclic) bond motifs is 1. The van der Waals surface area contributed by atoms with Gasteiger partial charge in [-0.25, -0.2) is 0 Å². The Morgan fingerprint density at radius 2 is 1.83 bits per heavy atom. The summed E-state index contributed by atoms with van der Waals surface area (Å²) in [5.41, 5.74) is 6.79. The topological polar surface area (TPSA) is 66.6 Å². The maximum absolute atomic E-state index is 12.8. The molecule has 0 saturated heterocycles. The molecule has 0 unspecified atom stereocenters. The summed E-state index contributed by atoms with van der Waals surface area (Å²) in [5.74, 6) is -0.607. The summed E-state index contributed by atoms with van der Waals surface area (Å²) < 4.78 is 38.4. The Labute approximate surface area is 129 Å². The van der Waals surface area contributed by atoms with Crippen LogP contribution in [0.15, 0.2) is 42.5 Å². The lowest BCUT2D eigenvalue weighted by molar-refractivity contribution is -0.137. The van der Waals surface area contributed by atoms with Crippen molar-refractivity contribution in [1.82, 2.24) is 0 Å². The molecule has 0 fully saturated rings. The molecule has 3 rings (SSSR count). The Hall–Kier alpha value is -2.38. The first kappa shape index (κ1) is 15.5. The molecule has 4 nitrogen and oxygen atoms in total. The molecule has 1 aliphatic heterocycles. The third kappa shape index (κ3) is 2.80. The van der Waals surface area contributed by atoms with Crippen LogP contribution in [0, 0.1) is 0 Å². The molecule has 23 heavy (non-hydrogen) atoms. The summed E-state index contributed by atoms with van der Waals surface area (Å²) in [4.78, 5) is 11.6. The number of nitrogens with zero attached hydrogens (tertiary/aromatic N) is 1. The van der Waals surface area contributed by atoms with Gasteiger partial charge in [-0.1, -0.05) is 18.2 Å². The van der Waals surface area contributed by atoms with Gasteiger partial charge in [0.05, 0.1) is 17.3 Å². The molecule has 0 radical (unpaired) electrons. The second-order valence-electron chi connectivity index (χ2n) is 5.38. The second-order valence-corrected chi connectivity index (χ2v) is 5.38. The summed E-state index contributed by atoms with van der Waals surface area (Å²) in [6.07, 6.45) is -4.20. The molecule has 3 N–H and O–H groups in total. The maximum Gasteiger partial charge on any atom is 0.416 e. The largest absolute Gasteiger partial charge is 0.416 e. The predicted octanol–water partition coefficient (Wildman–Crippen LogP) is 2.98. The molecule has 7 heteroatoms. The minimum Gasteiger partial charge on any atom is -0.320 e. The number of rotatable bonds is 1. The molecule has 0 aromatic heterocycles. The van der Waals surface area contributed by atoms with E-state index in [-0.39, 0.29) is 6.42 Å². The molecule has 0 spiro atoms. The predicted molar refractivity (Wildman–Crippen MR) is 77.8 cm³/mol. The summed E-state index contributed by atoms with van der Waals surface area (Å²) in [6.45, 7) is 0. The first-order chi connectivity index (χ1) is 10.8. The highest BCUT2D eigenvalue weighted by Crippen LogP contribution is 2.34. The average molecular weight is 322 g/mol. The number of amides is 1. The summed E-state index contributed by atoms with van der Waals surface area (Å²) in [5, 5.41) is 10.3. The van der Waals surface area contributed by atoms with Crippen LogP contribution < -0.4 is 10.8 Å². The van der Waals surface area contributed by atoms with Gasteiger partial charge in [-0.3, -0.25) is 10.0 Å². The van der Waals surface area contributed by atoms with E-state index in [0.717, 1.165) is 12.1 Å². The number of carbonyl (C=O) groups excluding carboxylic acids is 1. The lowest BCUT2D eigenvalue weighted by atomic mass is 9.94. The SMILES string of the molecule is N[C@H]1Cc2cc(-c3cccc(C(F)(F)F)c3)ccc2N(O)C1=O. The third-order valence-electron chi connectivity index (χ3n) is 3.80. The van der Waals surface area contributed by atoms with Gasteiger partial charge in [-0.15, -0.1) is 0 Å². The molecule has 0 aliphatic carbocycles. The maximum atomic E-state index is 12.8.